The van der Waals surface area contributed by atoms with Crippen molar-refractivity contribution in [3.05, 3.63) is 35.5 Å². The molecule has 0 bridgehead atoms. The van der Waals surface area contributed by atoms with E-state index in [1.165, 1.54) is 0 Å². The minimum absolute atomic E-state index is 0.140. The van der Waals surface area contributed by atoms with E-state index in [0.717, 1.165) is 61.9 Å². The number of methoxy groups -OCH3 is 1. The van der Waals surface area contributed by atoms with Crippen molar-refractivity contribution >= 4 is 22.8 Å². The van der Waals surface area contributed by atoms with Gasteiger partial charge in [-0.05, 0) is 43.7 Å². The van der Waals surface area contributed by atoms with E-state index in [-0.39, 0.29) is 18.2 Å². The summed E-state index contributed by atoms with van der Waals surface area (Å²) in [4.78, 5) is 8.64. The van der Waals surface area contributed by atoms with Crippen molar-refractivity contribution in [3.63, 3.8) is 0 Å². The molecule has 2 aromatic heterocycles. The number of rotatable bonds is 10. The summed E-state index contributed by atoms with van der Waals surface area (Å²) in [5.74, 6) is 1.54. The molecule has 1 atom stereocenters. The Morgan fingerprint density at radius 1 is 1.24 bits per heavy atom. The summed E-state index contributed by atoms with van der Waals surface area (Å²) < 4.78 is 7.50. The molecule has 1 unspecified atom stereocenters. The minimum Gasteiger partial charge on any atom is -0.496 e. The number of ether oxygens (including phenoxy) is 1. The van der Waals surface area contributed by atoms with Crippen LogP contribution in [-0.4, -0.2) is 50.3 Å². The van der Waals surface area contributed by atoms with Crippen LogP contribution in [0.4, 0.5) is 11.8 Å². The fourth-order valence-corrected chi connectivity index (χ4v) is 4.46. The maximum absolute atomic E-state index is 9.69. The lowest BCUT2D eigenvalue weighted by molar-refractivity contribution is 0.116. The number of aliphatic hydroxyl groups excluding tert-OH is 1. The smallest absolute Gasteiger partial charge is 0.222 e. The number of fused-ring (bicyclic) bond motifs is 1. The summed E-state index contributed by atoms with van der Waals surface area (Å²) in [6.07, 6.45) is 7.02. The van der Waals surface area contributed by atoms with E-state index in [9.17, 15) is 5.11 Å². The van der Waals surface area contributed by atoms with Gasteiger partial charge in [-0.25, -0.2) is 4.98 Å². The van der Waals surface area contributed by atoms with Crippen molar-refractivity contribution in [1.29, 1.82) is 0 Å². The molecule has 1 saturated carbocycles. The zero-order valence-electron chi connectivity index (χ0n) is 20.0. The van der Waals surface area contributed by atoms with Crippen LogP contribution in [0.25, 0.3) is 11.0 Å². The van der Waals surface area contributed by atoms with Gasteiger partial charge in [-0.1, -0.05) is 25.5 Å². The normalized spacial score (nSPS) is 19.3. The highest BCUT2D eigenvalue weighted by molar-refractivity contribution is 5.85. The van der Waals surface area contributed by atoms with Crippen molar-refractivity contribution in [2.75, 3.05) is 18.2 Å². The summed E-state index contributed by atoms with van der Waals surface area (Å²) >= 11 is 0. The lowest BCUT2D eigenvalue weighted by Gasteiger charge is -2.26. The van der Waals surface area contributed by atoms with Crippen molar-refractivity contribution < 1.29 is 9.84 Å². The highest BCUT2D eigenvalue weighted by atomic mass is 16.5. The Hall–Kier alpha value is -2.95. The van der Waals surface area contributed by atoms with Crippen LogP contribution in [0.2, 0.25) is 0 Å². The molecule has 0 aliphatic heterocycles. The Labute approximate surface area is 200 Å². The third-order valence-electron chi connectivity index (χ3n) is 6.33. The zero-order chi connectivity index (χ0) is 24.1. The lowest BCUT2D eigenvalue weighted by Crippen LogP contribution is -2.34. The predicted molar refractivity (Wildman–Crippen MR) is 133 cm³/mol. The molecule has 4 rings (SSSR count). The molecule has 1 aliphatic rings. The Bertz CT molecular complexity index is 1090. The van der Waals surface area contributed by atoms with E-state index in [1.807, 2.05) is 10.9 Å². The second kappa shape index (κ2) is 11.0. The first-order valence-corrected chi connectivity index (χ1v) is 12.0. The molecule has 0 spiro atoms. The average Bonchev–Trinajstić information content (AvgIpc) is 3.22. The SMILES string of the molecule is CCCC(N)Nc1nc(N)nc2cn(Cc3ccc(CNC4CCC(O)CC4)cc3OC)nc12. The topological polar surface area (TPSA) is 149 Å². The first kappa shape index (κ1) is 24.2. The molecule has 10 heteroatoms. The molecule has 10 nitrogen and oxygen atoms in total. The van der Waals surface area contributed by atoms with Gasteiger partial charge in [0.2, 0.25) is 5.95 Å². The molecule has 0 saturated heterocycles. The van der Waals surface area contributed by atoms with E-state index in [2.05, 4.69) is 45.7 Å². The number of aromatic nitrogens is 4. The second-order valence-electron chi connectivity index (χ2n) is 9.06. The van der Waals surface area contributed by atoms with Crippen LogP contribution in [0, 0.1) is 0 Å². The molecule has 1 fully saturated rings. The Balaban J connectivity index is 1.47. The Kier molecular flexibility index (Phi) is 7.81. The van der Waals surface area contributed by atoms with Gasteiger partial charge in [0, 0.05) is 18.2 Å². The van der Waals surface area contributed by atoms with Gasteiger partial charge in [-0.15, -0.1) is 0 Å². The van der Waals surface area contributed by atoms with Gasteiger partial charge in [-0.2, -0.15) is 10.1 Å². The number of nitrogens with one attached hydrogen (secondary N) is 2. The van der Waals surface area contributed by atoms with Crippen molar-refractivity contribution in [3.8, 4) is 5.75 Å². The maximum atomic E-state index is 9.69. The van der Waals surface area contributed by atoms with Crippen LogP contribution in [0.3, 0.4) is 0 Å². The predicted octanol–water partition coefficient (Wildman–Crippen LogP) is 2.36. The van der Waals surface area contributed by atoms with Gasteiger partial charge >= 0.3 is 0 Å². The summed E-state index contributed by atoms with van der Waals surface area (Å²) in [7, 11) is 1.68. The van der Waals surface area contributed by atoms with E-state index in [4.69, 9.17) is 21.3 Å². The number of anilines is 2. The van der Waals surface area contributed by atoms with Crippen LogP contribution in [0.15, 0.2) is 24.4 Å². The number of nitrogens with two attached hydrogens (primary N) is 2. The van der Waals surface area contributed by atoms with Gasteiger partial charge in [0.05, 0.1) is 32.1 Å². The molecule has 1 aliphatic carbocycles. The van der Waals surface area contributed by atoms with Gasteiger partial charge in [0.25, 0.3) is 0 Å². The fourth-order valence-electron chi connectivity index (χ4n) is 4.46. The number of hydrogen-bond acceptors (Lipinski definition) is 9. The molecule has 3 aromatic rings. The average molecular weight is 469 g/mol. The minimum atomic E-state index is -0.229. The number of nitrogens with zero attached hydrogens (tertiary/aromatic N) is 4. The van der Waals surface area contributed by atoms with Gasteiger partial charge in [0.1, 0.15) is 11.3 Å². The van der Waals surface area contributed by atoms with Crippen LogP contribution >= 0.6 is 0 Å². The van der Waals surface area contributed by atoms with E-state index >= 15 is 0 Å². The van der Waals surface area contributed by atoms with Gasteiger partial charge in [-0.3, -0.25) is 4.68 Å². The van der Waals surface area contributed by atoms with Crippen LogP contribution < -0.4 is 26.8 Å². The summed E-state index contributed by atoms with van der Waals surface area (Å²) in [5.41, 5.74) is 15.5. The molecule has 1 aromatic carbocycles. The van der Waals surface area contributed by atoms with E-state index < -0.39 is 0 Å². The van der Waals surface area contributed by atoms with Gasteiger partial charge in [0.15, 0.2) is 11.3 Å². The monoisotopic (exact) mass is 468 g/mol. The largest absolute Gasteiger partial charge is 0.496 e. The fraction of sp³-hybridized carbons (Fsp3) is 0.542. The second-order valence-corrected chi connectivity index (χ2v) is 9.06. The van der Waals surface area contributed by atoms with Crippen LogP contribution in [0.5, 0.6) is 5.75 Å². The zero-order valence-corrected chi connectivity index (χ0v) is 20.0. The maximum Gasteiger partial charge on any atom is 0.222 e. The van der Waals surface area contributed by atoms with Crippen LogP contribution in [0.1, 0.15) is 56.6 Å². The molecule has 7 N–H and O–H groups in total. The van der Waals surface area contributed by atoms with E-state index in [0.29, 0.717) is 29.4 Å². The highest BCUT2D eigenvalue weighted by Crippen LogP contribution is 2.25. The third kappa shape index (κ3) is 5.94. The molecule has 34 heavy (non-hydrogen) atoms. The number of benzene rings is 1. The van der Waals surface area contributed by atoms with Crippen molar-refractivity contribution in [2.45, 2.75) is 76.8 Å². The number of aliphatic hydroxyl groups is 1. The van der Waals surface area contributed by atoms with E-state index in [1.54, 1.807) is 7.11 Å². The highest BCUT2D eigenvalue weighted by Gasteiger charge is 2.19. The molecule has 184 valence electrons. The standard InChI is InChI=1S/C24H36N8O2/c1-3-4-21(25)29-23-22-19(28-24(26)30-23)14-32(31-22)13-16-6-5-15(11-20(16)34-2)12-27-17-7-9-18(33)10-8-17/h5-6,11,14,17-18,21,27,33H,3-4,7-10,12-13,25H2,1-2H3,(H3,26,28,29,30). The summed E-state index contributed by atoms with van der Waals surface area (Å²) in [6, 6.07) is 6.70. The molecular formula is C24H36N8O2. The quantitative estimate of drug-likeness (QED) is 0.283. The number of hydrogen-bond donors (Lipinski definition) is 5. The summed E-state index contributed by atoms with van der Waals surface area (Å²) in [6.45, 7) is 3.37. The number of nitrogen functional groups attached to an aromatic ring is 1. The van der Waals surface area contributed by atoms with Gasteiger partial charge < -0.3 is 31.9 Å². The lowest BCUT2D eigenvalue weighted by atomic mass is 9.93. The molecule has 2 heterocycles. The van der Waals surface area contributed by atoms with Crippen molar-refractivity contribution in [2.24, 2.45) is 5.73 Å². The Morgan fingerprint density at radius 3 is 2.76 bits per heavy atom. The molecule has 0 radical (unpaired) electrons. The first-order chi connectivity index (χ1) is 16.4. The third-order valence-corrected chi connectivity index (χ3v) is 6.33. The molecular weight excluding hydrogens is 432 g/mol. The Morgan fingerprint density at radius 2 is 2.03 bits per heavy atom. The van der Waals surface area contributed by atoms with Crippen LogP contribution in [-0.2, 0) is 13.1 Å². The molecule has 0 amide bonds. The first-order valence-electron chi connectivity index (χ1n) is 12.0. The van der Waals surface area contributed by atoms with Crippen molar-refractivity contribution in [1.82, 2.24) is 25.1 Å². The summed E-state index contributed by atoms with van der Waals surface area (Å²) in [5, 5.41) is 21.2.